The highest BCUT2D eigenvalue weighted by molar-refractivity contribution is 7.98. The van der Waals surface area contributed by atoms with Crippen LogP contribution in [-0.4, -0.2) is 32.6 Å². The van der Waals surface area contributed by atoms with E-state index in [9.17, 15) is 18.0 Å². The van der Waals surface area contributed by atoms with Gasteiger partial charge in [0.1, 0.15) is 5.52 Å². The van der Waals surface area contributed by atoms with Crippen LogP contribution in [0.3, 0.4) is 0 Å². The summed E-state index contributed by atoms with van der Waals surface area (Å²) >= 11 is 1.41. The quantitative estimate of drug-likeness (QED) is 0.934. The standard InChI is InChI=1S/C13H13F3N2O2S/c1-7(6-21-2)18-9-5-3-4-8(11(19)20)10(9)17-12(18)13(14,15)16/h3-5,7H,6H2,1-2H3,(H,19,20). The molecule has 0 saturated heterocycles. The molecule has 1 aromatic heterocycles. The smallest absolute Gasteiger partial charge is 0.449 e. The Hall–Kier alpha value is -1.70. The largest absolute Gasteiger partial charge is 0.478 e. The lowest BCUT2D eigenvalue weighted by atomic mass is 10.2. The van der Waals surface area contributed by atoms with Gasteiger partial charge in [-0.2, -0.15) is 24.9 Å². The van der Waals surface area contributed by atoms with E-state index in [1.165, 1.54) is 30.0 Å². The zero-order valence-corrected chi connectivity index (χ0v) is 12.1. The van der Waals surface area contributed by atoms with Crippen molar-refractivity contribution in [2.75, 3.05) is 12.0 Å². The number of aromatic carboxylic acids is 1. The number of carboxylic acids is 1. The number of imidazole rings is 1. The SMILES string of the molecule is CSCC(C)n1c(C(F)(F)F)nc2c(C(=O)O)cccc21. The average Bonchev–Trinajstić information content (AvgIpc) is 2.77. The van der Waals surface area contributed by atoms with Gasteiger partial charge in [0, 0.05) is 11.8 Å². The number of alkyl halides is 3. The third-order valence-corrected chi connectivity index (χ3v) is 3.87. The monoisotopic (exact) mass is 318 g/mol. The van der Waals surface area contributed by atoms with Crippen LogP contribution in [0, 0.1) is 0 Å². The topological polar surface area (TPSA) is 55.1 Å². The van der Waals surface area contributed by atoms with Gasteiger partial charge in [0.05, 0.1) is 11.1 Å². The normalized spacial score (nSPS) is 13.6. The number of benzene rings is 1. The summed E-state index contributed by atoms with van der Waals surface area (Å²) in [5.74, 6) is -1.89. The molecule has 0 fully saturated rings. The Morgan fingerprint density at radius 1 is 1.48 bits per heavy atom. The van der Waals surface area contributed by atoms with E-state index in [1.54, 1.807) is 13.2 Å². The van der Waals surface area contributed by atoms with Gasteiger partial charge >= 0.3 is 12.1 Å². The molecule has 0 aliphatic heterocycles. The summed E-state index contributed by atoms with van der Waals surface area (Å²) in [4.78, 5) is 14.7. The Labute approximate surface area is 123 Å². The second-order valence-corrected chi connectivity index (χ2v) is 5.50. The summed E-state index contributed by atoms with van der Waals surface area (Å²) in [5, 5.41) is 9.09. The number of halogens is 3. The van der Waals surface area contributed by atoms with Crippen molar-refractivity contribution in [2.24, 2.45) is 0 Å². The third kappa shape index (κ3) is 2.85. The van der Waals surface area contributed by atoms with Crippen LogP contribution >= 0.6 is 11.8 Å². The molecule has 0 aliphatic rings. The van der Waals surface area contributed by atoms with Crippen molar-refractivity contribution in [2.45, 2.75) is 19.1 Å². The summed E-state index contributed by atoms with van der Waals surface area (Å²) in [5.41, 5.74) is -0.179. The van der Waals surface area contributed by atoms with Crippen molar-refractivity contribution in [3.05, 3.63) is 29.6 Å². The minimum absolute atomic E-state index is 0.134. The molecular weight excluding hydrogens is 305 g/mol. The lowest BCUT2D eigenvalue weighted by Gasteiger charge is -2.17. The minimum Gasteiger partial charge on any atom is -0.478 e. The van der Waals surface area contributed by atoms with Gasteiger partial charge in [-0.05, 0) is 25.3 Å². The number of fused-ring (bicyclic) bond motifs is 1. The van der Waals surface area contributed by atoms with E-state index >= 15 is 0 Å². The first kappa shape index (κ1) is 15.7. The maximum atomic E-state index is 13.2. The van der Waals surface area contributed by atoms with Crippen molar-refractivity contribution in [3.8, 4) is 0 Å². The van der Waals surface area contributed by atoms with Crippen molar-refractivity contribution < 1.29 is 23.1 Å². The molecule has 1 atom stereocenters. The highest BCUT2D eigenvalue weighted by atomic mass is 32.2. The molecule has 1 heterocycles. The Balaban J connectivity index is 2.79. The number of carbonyl (C=O) groups is 1. The zero-order valence-electron chi connectivity index (χ0n) is 11.3. The first-order chi connectivity index (χ1) is 9.77. The molecule has 0 radical (unpaired) electrons. The zero-order chi connectivity index (χ0) is 15.8. The predicted molar refractivity (Wildman–Crippen MR) is 74.8 cm³/mol. The van der Waals surface area contributed by atoms with Crippen LogP contribution < -0.4 is 0 Å². The van der Waals surface area contributed by atoms with E-state index in [4.69, 9.17) is 5.11 Å². The fourth-order valence-electron chi connectivity index (χ4n) is 2.25. The number of thioether (sulfide) groups is 1. The summed E-state index contributed by atoms with van der Waals surface area (Å²) in [6.45, 7) is 1.65. The van der Waals surface area contributed by atoms with Crippen LogP contribution in [0.15, 0.2) is 18.2 Å². The second kappa shape index (κ2) is 5.59. The third-order valence-electron chi connectivity index (χ3n) is 3.05. The minimum atomic E-state index is -4.64. The Morgan fingerprint density at radius 3 is 2.67 bits per heavy atom. The van der Waals surface area contributed by atoms with Gasteiger partial charge in [0.15, 0.2) is 0 Å². The molecule has 0 saturated carbocycles. The molecule has 0 spiro atoms. The lowest BCUT2D eigenvalue weighted by Crippen LogP contribution is -2.19. The molecule has 0 bridgehead atoms. The fourth-order valence-corrected chi connectivity index (χ4v) is 2.88. The van der Waals surface area contributed by atoms with E-state index in [0.717, 1.165) is 4.57 Å². The lowest BCUT2D eigenvalue weighted by molar-refractivity contribution is -0.147. The van der Waals surface area contributed by atoms with E-state index in [0.29, 0.717) is 5.75 Å². The fraction of sp³-hybridized carbons (Fsp3) is 0.385. The van der Waals surface area contributed by atoms with E-state index in [-0.39, 0.29) is 16.6 Å². The van der Waals surface area contributed by atoms with Gasteiger partial charge in [-0.15, -0.1) is 0 Å². The van der Waals surface area contributed by atoms with Crippen molar-refractivity contribution in [1.82, 2.24) is 9.55 Å². The average molecular weight is 318 g/mol. The van der Waals surface area contributed by atoms with E-state index in [1.807, 2.05) is 0 Å². The summed E-state index contributed by atoms with van der Waals surface area (Å²) in [6.07, 6.45) is -2.84. The predicted octanol–water partition coefficient (Wildman–Crippen LogP) is 3.68. The molecule has 4 nitrogen and oxygen atoms in total. The van der Waals surface area contributed by atoms with Crippen LogP contribution in [-0.2, 0) is 6.18 Å². The van der Waals surface area contributed by atoms with Gasteiger partial charge in [-0.25, -0.2) is 9.78 Å². The molecule has 0 aliphatic carbocycles. The Kier molecular flexibility index (Phi) is 4.18. The molecule has 8 heteroatoms. The summed E-state index contributed by atoms with van der Waals surface area (Å²) in [6, 6.07) is 3.68. The molecule has 0 amide bonds. The van der Waals surface area contributed by atoms with Crippen LogP contribution in [0.4, 0.5) is 13.2 Å². The van der Waals surface area contributed by atoms with E-state index in [2.05, 4.69) is 4.98 Å². The summed E-state index contributed by atoms with van der Waals surface area (Å²) < 4.78 is 40.6. The van der Waals surface area contributed by atoms with Crippen molar-refractivity contribution in [3.63, 3.8) is 0 Å². The molecular formula is C13H13F3N2O2S. The molecule has 2 aromatic rings. The second-order valence-electron chi connectivity index (χ2n) is 4.59. The van der Waals surface area contributed by atoms with Gasteiger partial charge in [0.25, 0.3) is 0 Å². The molecule has 114 valence electrons. The Morgan fingerprint density at radius 2 is 2.14 bits per heavy atom. The number of hydrogen-bond donors (Lipinski definition) is 1. The number of hydrogen-bond acceptors (Lipinski definition) is 3. The van der Waals surface area contributed by atoms with Gasteiger partial charge in [0.2, 0.25) is 5.82 Å². The summed E-state index contributed by atoms with van der Waals surface area (Å²) in [7, 11) is 0. The number of para-hydroxylation sites is 1. The number of aromatic nitrogens is 2. The van der Waals surface area contributed by atoms with Crippen LogP contribution in [0.5, 0.6) is 0 Å². The van der Waals surface area contributed by atoms with Crippen LogP contribution in [0.1, 0.15) is 29.1 Å². The molecule has 1 aromatic carbocycles. The molecule has 1 N–H and O–H groups in total. The maximum Gasteiger partial charge on any atom is 0.449 e. The number of rotatable bonds is 4. The first-order valence-electron chi connectivity index (χ1n) is 6.07. The molecule has 1 unspecified atom stereocenters. The van der Waals surface area contributed by atoms with Crippen LogP contribution in [0.2, 0.25) is 0 Å². The Bertz CT molecular complexity index is 682. The molecule has 2 rings (SSSR count). The molecule has 21 heavy (non-hydrogen) atoms. The van der Waals surface area contributed by atoms with Crippen molar-refractivity contribution >= 4 is 28.8 Å². The van der Waals surface area contributed by atoms with Gasteiger partial charge in [-0.3, -0.25) is 0 Å². The number of carboxylic acid groups (broad SMARTS) is 1. The van der Waals surface area contributed by atoms with E-state index < -0.39 is 24.0 Å². The first-order valence-corrected chi connectivity index (χ1v) is 7.47. The van der Waals surface area contributed by atoms with Crippen molar-refractivity contribution in [1.29, 1.82) is 0 Å². The highest BCUT2D eigenvalue weighted by Crippen LogP contribution is 2.35. The maximum absolute atomic E-state index is 13.2. The van der Waals surface area contributed by atoms with Crippen LogP contribution in [0.25, 0.3) is 11.0 Å². The number of nitrogens with zero attached hydrogens (tertiary/aromatic N) is 2. The van der Waals surface area contributed by atoms with Gasteiger partial charge < -0.3 is 9.67 Å². The van der Waals surface area contributed by atoms with Gasteiger partial charge in [-0.1, -0.05) is 6.07 Å². The highest BCUT2D eigenvalue weighted by Gasteiger charge is 2.39.